The van der Waals surface area contributed by atoms with Crippen molar-refractivity contribution in [3.05, 3.63) is 0 Å². The van der Waals surface area contributed by atoms with E-state index in [0.717, 1.165) is 13.0 Å². The Kier molecular flexibility index (Phi) is 2.13. The van der Waals surface area contributed by atoms with Gasteiger partial charge in [0, 0.05) is 0 Å². The van der Waals surface area contributed by atoms with Crippen molar-refractivity contribution in [2.45, 2.75) is 25.9 Å². The summed E-state index contributed by atoms with van der Waals surface area (Å²) in [5, 5.41) is 0. The second-order valence-electron chi connectivity index (χ2n) is 2.67. The smallest absolute Gasteiger partial charge is 0.117 e. The number of hydrogen-bond donors (Lipinski definition) is 0. The highest BCUT2D eigenvalue weighted by Gasteiger charge is 2.15. The molecule has 0 saturated carbocycles. The Bertz CT molecular complexity index is 115. The van der Waals surface area contributed by atoms with Crippen LogP contribution in [0.2, 0.25) is 0 Å². The molecular weight excluding hydrogens is 112 g/mol. The lowest BCUT2D eigenvalue weighted by Gasteiger charge is -2.22. The maximum atomic E-state index is 5.30. The van der Waals surface area contributed by atoms with E-state index < -0.39 is 0 Å². The van der Waals surface area contributed by atoms with Gasteiger partial charge in [-0.15, -0.1) is 6.42 Å². The van der Waals surface area contributed by atoms with Crippen LogP contribution in [0.3, 0.4) is 0 Å². The van der Waals surface area contributed by atoms with Crippen LogP contribution in [0.4, 0.5) is 0 Å². The Morgan fingerprint density at radius 1 is 1.56 bits per heavy atom. The maximum absolute atomic E-state index is 5.30. The standard InChI is InChI=1S/C8H12O/c1-3-8-5-4-7(2)6-9-8/h1,7-8H,4-6H2,2H3. The van der Waals surface area contributed by atoms with Crippen molar-refractivity contribution in [3.8, 4) is 12.3 Å². The molecule has 1 rings (SSSR count). The van der Waals surface area contributed by atoms with E-state index in [2.05, 4.69) is 12.8 Å². The molecule has 1 saturated heterocycles. The predicted molar refractivity (Wildman–Crippen MR) is 37.0 cm³/mol. The first-order valence-corrected chi connectivity index (χ1v) is 3.40. The lowest BCUT2D eigenvalue weighted by atomic mass is 10.0. The maximum Gasteiger partial charge on any atom is 0.117 e. The summed E-state index contributed by atoms with van der Waals surface area (Å²) < 4.78 is 5.30. The van der Waals surface area contributed by atoms with Crippen molar-refractivity contribution < 1.29 is 4.74 Å². The van der Waals surface area contributed by atoms with Crippen LogP contribution in [0.1, 0.15) is 19.8 Å². The van der Waals surface area contributed by atoms with Crippen LogP contribution in [-0.2, 0) is 4.74 Å². The molecule has 9 heavy (non-hydrogen) atoms. The van der Waals surface area contributed by atoms with Crippen molar-refractivity contribution in [3.63, 3.8) is 0 Å². The molecule has 1 nitrogen and oxygen atoms in total. The van der Waals surface area contributed by atoms with E-state index in [1.54, 1.807) is 0 Å². The van der Waals surface area contributed by atoms with Crippen molar-refractivity contribution in [2.24, 2.45) is 5.92 Å². The van der Waals surface area contributed by atoms with Crippen molar-refractivity contribution in [1.82, 2.24) is 0 Å². The SMILES string of the molecule is C#CC1CCC(C)CO1. The highest BCUT2D eigenvalue weighted by Crippen LogP contribution is 2.16. The summed E-state index contributed by atoms with van der Waals surface area (Å²) in [5.41, 5.74) is 0. The lowest BCUT2D eigenvalue weighted by molar-refractivity contribution is 0.0219. The van der Waals surface area contributed by atoms with E-state index in [4.69, 9.17) is 11.2 Å². The van der Waals surface area contributed by atoms with E-state index in [9.17, 15) is 0 Å². The molecular formula is C8H12O. The number of ether oxygens (including phenoxy) is 1. The number of hydrogen-bond acceptors (Lipinski definition) is 1. The van der Waals surface area contributed by atoms with Gasteiger partial charge in [-0.3, -0.25) is 0 Å². The Hall–Kier alpha value is -0.480. The first kappa shape index (κ1) is 6.64. The number of terminal acetylenes is 1. The monoisotopic (exact) mass is 124 g/mol. The molecule has 0 spiro atoms. The zero-order chi connectivity index (χ0) is 6.69. The molecule has 0 N–H and O–H groups in total. The Morgan fingerprint density at radius 2 is 2.33 bits per heavy atom. The van der Waals surface area contributed by atoms with Gasteiger partial charge >= 0.3 is 0 Å². The third-order valence-corrected chi connectivity index (χ3v) is 1.69. The van der Waals surface area contributed by atoms with Gasteiger partial charge in [-0.05, 0) is 18.8 Å². The highest BCUT2D eigenvalue weighted by atomic mass is 16.5. The van der Waals surface area contributed by atoms with Gasteiger partial charge in [-0.1, -0.05) is 12.8 Å². The first-order chi connectivity index (χ1) is 4.33. The summed E-state index contributed by atoms with van der Waals surface area (Å²) in [5.74, 6) is 3.31. The van der Waals surface area contributed by atoms with Gasteiger partial charge in [0.05, 0.1) is 6.61 Å². The summed E-state index contributed by atoms with van der Waals surface area (Å²) in [6, 6.07) is 0. The zero-order valence-corrected chi connectivity index (χ0v) is 5.76. The lowest BCUT2D eigenvalue weighted by Crippen LogP contribution is -2.22. The summed E-state index contributed by atoms with van der Waals surface area (Å²) in [6.07, 6.45) is 7.53. The molecule has 0 aromatic rings. The number of rotatable bonds is 0. The van der Waals surface area contributed by atoms with Crippen molar-refractivity contribution in [1.29, 1.82) is 0 Å². The van der Waals surface area contributed by atoms with Gasteiger partial charge in [0.2, 0.25) is 0 Å². The summed E-state index contributed by atoms with van der Waals surface area (Å²) in [6.45, 7) is 3.03. The van der Waals surface area contributed by atoms with Crippen LogP contribution in [0.5, 0.6) is 0 Å². The van der Waals surface area contributed by atoms with Crippen molar-refractivity contribution in [2.75, 3.05) is 6.61 Å². The van der Waals surface area contributed by atoms with Gasteiger partial charge in [-0.25, -0.2) is 0 Å². The summed E-state index contributed by atoms with van der Waals surface area (Å²) >= 11 is 0. The van der Waals surface area contributed by atoms with E-state index in [1.165, 1.54) is 6.42 Å². The van der Waals surface area contributed by atoms with Gasteiger partial charge in [-0.2, -0.15) is 0 Å². The summed E-state index contributed by atoms with van der Waals surface area (Å²) in [4.78, 5) is 0. The van der Waals surface area contributed by atoms with Gasteiger partial charge < -0.3 is 4.74 Å². The molecule has 0 radical (unpaired) electrons. The average Bonchev–Trinajstić information content (AvgIpc) is 1.90. The van der Waals surface area contributed by atoms with E-state index >= 15 is 0 Å². The molecule has 1 aliphatic rings. The molecule has 2 atom stereocenters. The molecule has 50 valence electrons. The fourth-order valence-corrected chi connectivity index (χ4v) is 1.01. The molecule has 1 aliphatic heterocycles. The largest absolute Gasteiger partial charge is 0.365 e. The minimum atomic E-state index is 0.0983. The topological polar surface area (TPSA) is 9.23 Å². The zero-order valence-electron chi connectivity index (χ0n) is 5.76. The Labute approximate surface area is 56.4 Å². The third-order valence-electron chi connectivity index (χ3n) is 1.69. The van der Waals surface area contributed by atoms with Crippen LogP contribution >= 0.6 is 0 Å². The normalized spacial score (nSPS) is 35.6. The molecule has 0 aromatic heterocycles. The van der Waals surface area contributed by atoms with Gasteiger partial charge in [0.1, 0.15) is 6.10 Å². The minimum absolute atomic E-state index is 0.0983. The average molecular weight is 124 g/mol. The second-order valence-corrected chi connectivity index (χ2v) is 2.67. The van der Waals surface area contributed by atoms with Gasteiger partial charge in [0.15, 0.2) is 0 Å². The van der Waals surface area contributed by atoms with E-state index in [-0.39, 0.29) is 6.10 Å². The van der Waals surface area contributed by atoms with E-state index in [1.807, 2.05) is 0 Å². The molecule has 0 bridgehead atoms. The van der Waals surface area contributed by atoms with Crippen LogP contribution in [0, 0.1) is 18.3 Å². The molecule has 0 amide bonds. The predicted octanol–water partition coefficient (Wildman–Crippen LogP) is 1.43. The quantitative estimate of drug-likeness (QED) is 0.444. The molecule has 0 aromatic carbocycles. The van der Waals surface area contributed by atoms with E-state index in [0.29, 0.717) is 5.92 Å². The minimum Gasteiger partial charge on any atom is -0.365 e. The molecule has 1 heteroatoms. The molecule has 1 fully saturated rings. The first-order valence-electron chi connectivity index (χ1n) is 3.40. The van der Waals surface area contributed by atoms with Crippen LogP contribution in [0.15, 0.2) is 0 Å². The Balaban J connectivity index is 2.28. The second kappa shape index (κ2) is 2.89. The van der Waals surface area contributed by atoms with Crippen molar-refractivity contribution >= 4 is 0 Å². The fourth-order valence-electron chi connectivity index (χ4n) is 1.01. The van der Waals surface area contributed by atoms with Crippen LogP contribution < -0.4 is 0 Å². The molecule has 0 aliphatic carbocycles. The van der Waals surface area contributed by atoms with Gasteiger partial charge in [0.25, 0.3) is 0 Å². The van der Waals surface area contributed by atoms with Crippen LogP contribution in [-0.4, -0.2) is 12.7 Å². The molecule has 1 heterocycles. The Morgan fingerprint density at radius 3 is 2.78 bits per heavy atom. The third kappa shape index (κ3) is 1.73. The van der Waals surface area contributed by atoms with Crippen LogP contribution in [0.25, 0.3) is 0 Å². The highest BCUT2D eigenvalue weighted by molar-refractivity contribution is 4.95. The fraction of sp³-hybridized carbons (Fsp3) is 0.750. The summed E-state index contributed by atoms with van der Waals surface area (Å²) in [7, 11) is 0. The molecule has 2 unspecified atom stereocenters.